The lowest BCUT2D eigenvalue weighted by molar-refractivity contribution is -0.137. The maximum atomic E-state index is 13.7. The molecule has 0 saturated heterocycles. The van der Waals surface area contributed by atoms with Crippen molar-refractivity contribution in [3.63, 3.8) is 0 Å². The van der Waals surface area contributed by atoms with Gasteiger partial charge in [-0.2, -0.15) is 0 Å². The monoisotopic (exact) mass is 512 g/mol. The molecule has 1 saturated carbocycles. The van der Waals surface area contributed by atoms with Crippen LogP contribution in [0.5, 0.6) is 5.75 Å². The molecule has 1 aliphatic heterocycles. The molecule has 1 spiro atoms. The van der Waals surface area contributed by atoms with Crippen molar-refractivity contribution in [2.24, 2.45) is 11.8 Å². The minimum Gasteiger partial charge on any atom is -0.492 e. The molecule has 1 unspecified atom stereocenters. The van der Waals surface area contributed by atoms with Gasteiger partial charge in [-0.1, -0.05) is 77.3 Å². The highest BCUT2D eigenvalue weighted by molar-refractivity contribution is 5.96. The Morgan fingerprint density at radius 3 is 2.49 bits per heavy atom. The summed E-state index contributed by atoms with van der Waals surface area (Å²) in [5.74, 6) is 0.303. The van der Waals surface area contributed by atoms with Crippen molar-refractivity contribution in [3.8, 4) is 5.75 Å². The number of fused-ring (bicyclic) bond motifs is 1. The minimum absolute atomic E-state index is 0.0582. The number of ether oxygens (including phenoxy) is 1. The molecule has 204 valence electrons. The molecule has 8 nitrogen and oxygen atoms in total. The van der Waals surface area contributed by atoms with E-state index in [-0.39, 0.29) is 23.6 Å². The van der Waals surface area contributed by atoms with Crippen molar-refractivity contribution < 1.29 is 19.1 Å². The second-order valence-electron chi connectivity index (χ2n) is 10.8. The second-order valence-corrected chi connectivity index (χ2v) is 10.8. The molecule has 0 radical (unpaired) electrons. The van der Waals surface area contributed by atoms with Gasteiger partial charge in [0.05, 0.1) is 6.04 Å². The van der Waals surface area contributed by atoms with E-state index < -0.39 is 17.6 Å². The van der Waals surface area contributed by atoms with Crippen LogP contribution >= 0.6 is 0 Å². The van der Waals surface area contributed by atoms with E-state index in [0.29, 0.717) is 44.9 Å². The number of amides is 3. The summed E-state index contributed by atoms with van der Waals surface area (Å²) in [4.78, 5) is 40.3. The third-order valence-corrected chi connectivity index (χ3v) is 7.42. The topological polar surface area (TPSA) is 109 Å². The SMILES string of the molecule is CCC(C)[C@@H]1NC(=O)C2(CCCC2)NC(=O)[C@H](CC(C)C)NCCOc2ccccc2/C=C\CNC1=O. The molecule has 1 aromatic carbocycles. The van der Waals surface area contributed by atoms with Gasteiger partial charge in [-0.3, -0.25) is 14.4 Å². The summed E-state index contributed by atoms with van der Waals surface area (Å²) in [5.41, 5.74) is -0.0925. The average Bonchev–Trinajstić information content (AvgIpc) is 3.35. The number of hydrogen-bond acceptors (Lipinski definition) is 5. The Hall–Kier alpha value is -2.87. The van der Waals surface area contributed by atoms with E-state index in [9.17, 15) is 14.4 Å². The number of benzene rings is 1. The Balaban J connectivity index is 1.90. The van der Waals surface area contributed by atoms with Crippen LogP contribution in [0, 0.1) is 11.8 Å². The molecular formula is C29H44N4O4. The van der Waals surface area contributed by atoms with Crippen molar-refractivity contribution >= 4 is 23.8 Å². The van der Waals surface area contributed by atoms with Crippen LogP contribution in [0.25, 0.3) is 6.08 Å². The van der Waals surface area contributed by atoms with Crippen molar-refractivity contribution in [2.45, 2.75) is 83.8 Å². The van der Waals surface area contributed by atoms with Gasteiger partial charge in [0, 0.05) is 18.7 Å². The lowest BCUT2D eigenvalue weighted by atomic mass is 9.92. The maximum absolute atomic E-state index is 13.7. The predicted molar refractivity (Wildman–Crippen MR) is 146 cm³/mol. The largest absolute Gasteiger partial charge is 0.492 e. The molecule has 1 aliphatic carbocycles. The Kier molecular flexibility index (Phi) is 10.6. The molecule has 4 N–H and O–H groups in total. The van der Waals surface area contributed by atoms with Gasteiger partial charge in [-0.25, -0.2) is 0 Å². The first-order valence-corrected chi connectivity index (χ1v) is 13.8. The number of carbonyl (C=O) groups is 3. The third kappa shape index (κ3) is 7.81. The fourth-order valence-corrected chi connectivity index (χ4v) is 5.05. The normalized spacial score (nSPS) is 25.2. The quantitative estimate of drug-likeness (QED) is 0.496. The molecule has 3 amide bonds. The molecule has 3 atom stereocenters. The van der Waals surface area contributed by atoms with E-state index >= 15 is 0 Å². The predicted octanol–water partition coefficient (Wildman–Crippen LogP) is 3.17. The van der Waals surface area contributed by atoms with Crippen molar-refractivity contribution in [3.05, 3.63) is 35.9 Å². The summed E-state index contributed by atoms with van der Waals surface area (Å²) in [6.07, 6.45) is 8.02. The zero-order valence-electron chi connectivity index (χ0n) is 22.8. The first-order chi connectivity index (χ1) is 17.8. The Labute approximate surface area is 221 Å². The van der Waals surface area contributed by atoms with E-state index in [1.54, 1.807) is 0 Å². The molecule has 37 heavy (non-hydrogen) atoms. The van der Waals surface area contributed by atoms with E-state index in [0.717, 1.165) is 30.6 Å². The molecule has 0 bridgehead atoms. The molecule has 0 aromatic heterocycles. The highest BCUT2D eigenvalue weighted by Gasteiger charge is 2.45. The minimum atomic E-state index is -0.999. The summed E-state index contributed by atoms with van der Waals surface area (Å²) in [6.45, 7) is 9.33. The maximum Gasteiger partial charge on any atom is 0.246 e. The highest BCUT2D eigenvalue weighted by atomic mass is 16.5. The van der Waals surface area contributed by atoms with Crippen LogP contribution in [0.2, 0.25) is 0 Å². The average molecular weight is 513 g/mol. The van der Waals surface area contributed by atoms with Crippen LogP contribution in [0.15, 0.2) is 30.3 Å². The zero-order chi connectivity index (χ0) is 26.8. The second kappa shape index (κ2) is 13.6. The van der Waals surface area contributed by atoms with Crippen molar-refractivity contribution in [1.29, 1.82) is 0 Å². The molecule has 1 aromatic rings. The van der Waals surface area contributed by atoms with Gasteiger partial charge in [0.25, 0.3) is 0 Å². The molecule has 3 rings (SSSR count). The van der Waals surface area contributed by atoms with Crippen LogP contribution in [-0.4, -0.2) is 55.0 Å². The Morgan fingerprint density at radius 1 is 1.05 bits per heavy atom. The van der Waals surface area contributed by atoms with E-state index in [2.05, 4.69) is 35.1 Å². The summed E-state index contributed by atoms with van der Waals surface area (Å²) in [6, 6.07) is 6.59. The highest BCUT2D eigenvalue weighted by Crippen LogP contribution is 2.31. The van der Waals surface area contributed by atoms with Gasteiger partial charge in [0.2, 0.25) is 17.7 Å². The van der Waals surface area contributed by atoms with Crippen molar-refractivity contribution in [2.75, 3.05) is 19.7 Å². The van der Waals surface area contributed by atoms with Crippen LogP contribution < -0.4 is 26.0 Å². The van der Waals surface area contributed by atoms with E-state index in [1.807, 2.05) is 50.3 Å². The molecule has 1 heterocycles. The first kappa shape index (κ1) is 28.7. The van der Waals surface area contributed by atoms with E-state index in [4.69, 9.17) is 4.74 Å². The van der Waals surface area contributed by atoms with Crippen molar-refractivity contribution in [1.82, 2.24) is 21.3 Å². The molecule has 8 heteroatoms. The van der Waals surface area contributed by atoms with Crippen LogP contribution in [0.4, 0.5) is 0 Å². The van der Waals surface area contributed by atoms with Crippen LogP contribution in [0.1, 0.15) is 71.8 Å². The van der Waals surface area contributed by atoms with Crippen LogP contribution in [-0.2, 0) is 14.4 Å². The molecule has 1 fully saturated rings. The van der Waals surface area contributed by atoms with Crippen LogP contribution in [0.3, 0.4) is 0 Å². The molecular weight excluding hydrogens is 468 g/mol. The smallest absolute Gasteiger partial charge is 0.246 e. The lowest BCUT2D eigenvalue weighted by Crippen LogP contribution is -2.63. The molecule has 2 aliphatic rings. The number of rotatable bonds is 4. The van der Waals surface area contributed by atoms with Gasteiger partial charge in [-0.15, -0.1) is 0 Å². The Bertz CT molecular complexity index is 955. The van der Waals surface area contributed by atoms with Gasteiger partial charge in [0.1, 0.15) is 23.9 Å². The fraction of sp³-hybridized carbons (Fsp3) is 0.621. The summed E-state index contributed by atoms with van der Waals surface area (Å²) in [5, 5.41) is 12.4. The number of para-hydroxylation sites is 1. The lowest BCUT2D eigenvalue weighted by Gasteiger charge is -2.34. The third-order valence-electron chi connectivity index (χ3n) is 7.42. The first-order valence-electron chi connectivity index (χ1n) is 13.8. The van der Waals surface area contributed by atoms with Gasteiger partial charge in [-0.05, 0) is 37.2 Å². The Morgan fingerprint density at radius 2 is 1.78 bits per heavy atom. The fourth-order valence-electron chi connectivity index (χ4n) is 5.05. The van der Waals surface area contributed by atoms with Gasteiger partial charge in [0.15, 0.2) is 0 Å². The summed E-state index contributed by atoms with van der Waals surface area (Å²) in [7, 11) is 0. The van der Waals surface area contributed by atoms with Gasteiger partial charge < -0.3 is 26.0 Å². The van der Waals surface area contributed by atoms with Gasteiger partial charge >= 0.3 is 0 Å². The summed E-state index contributed by atoms with van der Waals surface area (Å²) >= 11 is 0. The summed E-state index contributed by atoms with van der Waals surface area (Å²) < 4.78 is 6.02. The number of carbonyl (C=O) groups excluding carboxylic acids is 3. The van der Waals surface area contributed by atoms with E-state index in [1.165, 1.54) is 0 Å². The number of nitrogens with one attached hydrogen (secondary N) is 4. The number of hydrogen-bond donors (Lipinski definition) is 4. The zero-order valence-corrected chi connectivity index (χ0v) is 22.8. The standard InChI is InChI=1S/C29H44N4O4/c1-5-21(4)25-27(35)31-16-10-12-22-11-6-7-13-24(22)37-18-17-30-23(19-20(2)3)26(34)33-29(28(36)32-25)14-8-9-15-29/h6-7,10-13,20-21,23,25,30H,5,8-9,14-19H2,1-4H3,(H,31,35)(H,32,36)(H,33,34)/b12-10-/t21?,23-,25-/m0/s1.